The van der Waals surface area contributed by atoms with E-state index >= 15 is 0 Å². The Morgan fingerprint density at radius 3 is 1.78 bits per heavy atom. The third kappa shape index (κ3) is 14.2. The predicted molar refractivity (Wildman–Crippen MR) is 81.4 cm³/mol. The molecule has 0 spiro atoms. The summed E-state index contributed by atoms with van der Waals surface area (Å²) in [6, 6.07) is 0. The Labute approximate surface area is 116 Å². The minimum atomic E-state index is -0.813. The van der Waals surface area contributed by atoms with Crippen LogP contribution in [0.15, 0.2) is 0 Å². The van der Waals surface area contributed by atoms with E-state index in [1.54, 1.807) is 6.92 Å². The van der Waals surface area contributed by atoms with E-state index in [0.717, 1.165) is 12.2 Å². The van der Waals surface area contributed by atoms with E-state index in [0.29, 0.717) is 5.75 Å². The van der Waals surface area contributed by atoms with Gasteiger partial charge in [0.2, 0.25) is 0 Å². The van der Waals surface area contributed by atoms with Gasteiger partial charge in [0.05, 0.1) is 6.10 Å². The molecule has 0 aliphatic heterocycles. The Kier molecular flexibility index (Phi) is 13.6. The lowest BCUT2D eigenvalue weighted by Gasteiger charge is -2.04. The van der Waals surface area contributed by atoms with Gasteiger partial charge >= 0.3 is 0 Å². The topological polar surface area (TPSA) is 37.3 Å². The Morgan fingerprint density at radius 1 is 0.889 bits per heavy atom. The number of hydrogen-bond acceptors (Lipinski definition) is 2. The highest BCUT2D eigenvalue weighted by molar-refractivity contribution is 7.85. The Hall–Kier alpha value is 0.110. The molecule has 18 heavy (non-hydrogen) atoms. The molecule has 0 aromatic rings. The van der Waals surface area contributed by atoms with Crippen LogP contribution in [0.3, 0.4) is 0 Å². The number of unbranched alkanes of at least 4 members (excludes halogenated alkanes) is 9. The first-order chi connectivity index (χ1) is 8.66. The molecule has 0 heterocycles. The molecule has 0 saturated heterocycles. The molecule has 1 N–H and O–H groups in total. The highest BCUT2D eigenvalue weighted by atomic mass is 32.2. The molecular weight excluding hydrogens is 244 g/mol. The number of aliphatic hydroxyl groups excluding tert-OH is 1. The summed E-state index contributed by atoms with van der Waals surface area (Å²) in [6.45, 7) is 3.96. The molecule has 3 heteroatoms. The van der Waals surface area contributed by atoms with Crippen molar-refractivity contribution in [1.29, 1.82) is 0 Å². The molecule has 0 saturated carbocycles. The van der Waals surface area contributed by atoms with E-state index < -0.39 is 16.9 Å². The van der Waals surface area contributed by atoms with Crippen molar-refractivity contribution in [2.45, 2.75) is 84.2 Å². The zero-order valence-electron chi connectivity index (χ0n) is 12.3. The fourth-order valence-electron chi connectivity index (χ4n) is 2.10. The van der Waals surface area contributed by atoms with Crippen LogP contribution in [0.4, 0.5) is 0 Å². The summed E-state index contributed by atoms with van der Waals surface area (Å²) in [6.07, 6.45) is 12.7. The van der Waals surface area contributed by atoms with Crippen LogP contribution in [0.2, 0.25) is 0 Å². The fourth-order valence-corrected chi connectivity index (χ4v) is 3.33. The standard InChI is InChI=1S/C15H32O2S/c1-3-4-5-6-7-8-9-10-11-12-13-18(17)14-15(2)16/h15-16H,3-14H2,1-2H3/t15-,18-/m1/s1. The smallest absolute Gasteiger partial charge is 0.0627 e. The maximum absolute atomic E-state index is 11.4. The van der Waals surface area contributed by atoms with Crippen molar-refractivity contribution in [3.8, 4) is 0 Å². The molecule has 0 unspecified atom stereocenters. The molecule has 0 aromatic carbocycles. The van der Waals surface area contributed by atoms with E-state index in [1.807, 2.05) is 0 Å². The third-order valence-electron chi connectivity index (χ3n) is 3.15. The maximum atomic E-state index is 11.4. The van der Waals surface area contributed by atoms with Crippen molar-refractivity contribution in [2.24, 2.45) is 0 Å². The Morgan fingerprint density at radius 2 is 1.33 bits per heavy atom. The van der Waals surface area contributed by atoms with Gasteiger partial charge in [-0.1, -0.05) is 64.7 Å². The van der Waals surface area contributed by atoms with Gasteiger partial charge in [-0.2, -0.15) is 0 Å². The van der Waals surface area contributed by atoms with Gasteiger partial charge in [0.15, 0.2) is 0 Å². The highest BCUT2D eigenvalue weighted by Crippen LogP contribution is 2.10. The van der Waals surface area contributed by atoms with Crippen LogP contribution in [0.1, 0.15) is 78.1 Å². The molecule has 110 valence electrons. The quantitative estimate of drug-likeness (QED) is 0.516. The number of rotatable bonds is 13. The van der Waals surface area contributed by atoms with Gasteiger partial charge in [0, 0.05) is 22.3 Å². The summed E-state index contributed by atoms with van der Waals surface area (Å²) >= 11 is 0. The van der Waals surface area contributed by atoms with Gasteiger partial charge in [-0.15, -0.1) is 0 Å². The zero-order chi connectivity index (χ0) is 13.6. The lowest BCUT2D eigenvalue weighted by molar-refractivity contribution is 0.219. The second-order valence-electron chi connectivity index (χ2n) is 5.34. The monoisotopic (exact) mass is 276 g/mol. The van der Waals surface area contributed by atoms with E-state index in [1.165, 1.54) is 57.8 Å². The van der Waals surface area contributed by atoms with Gasteiger partial charge < -0.3 is 5.11 Å². The van der Waals surface area contributed by atoms with E-state index in [4.69, 9.17) is 5.11 Å². The van der Waals surface area contributed by atoms with E-state index in [-0.39, 0.29) is 0 Å². The zero-order valence-corrected chi connectivity index (χ0v) is 13.1. The van der Waals surface area contributed by atoms with Gasteiger partial charge in [-0.3, -0.25) is 4.21 Å². The van der Waals surface area contributed by atoms with Crippen molar-refractivity contribution in [2.75, 3.05) is 11.5 Å². The van der Waals surface area contributed by atoms with Crippen molar-refractivity contribution >= 4 is 10.8 Å². The van der Waals surface area contributed by atoms with Crippen molar-refractivity contribution < 1.29 is 9.32 Å². The van der Waals surface area contributed by atoms with Crippen LogP contribution < -0.4 is 0 Å². The number of aliphatic hydroxyl groups is 1. The average molecular weight is 276 g/mol. The lowest BCUT2D eigenvalue weighted by atomic mass is 10.1. The molecule has 0 rings (SSSR count). The SMILES string of the molecule is CCCCCCCCCCCC[S@@](=O)C[C@@H](C)O. The summed E-state index contributed by atoms with van der Waals surface area (Å²) in [4.78, 5) is 0. The van der Waals surface area contributed by atoms with Crippen LogP contribution in [-0.2, 0) is 10.8 Å². The molecule has 0 amide bonds. The highest BCUT2D eigenvalue weighted by Gasteiger charge is 2.03. The third-order valence-corrected chi connectivity index (χ3v) is 4.75. The van der Waals surface area contributed by atoms with Crippen LogP contribution in [0, 0.1) is 0 Å². The average Bonchev–Trinajstić information content (AvgIpc) is 2.30. The van der Waals surface area contributed by atoms with Gasteiger partial charge in [-0.25, -0.2) is 0 Å². The number of hydrogen-bond donors (Lipinski definition) is 1. The summed E-state index contributed by atoms with van der Waals surface area (Å²) in [5.74, 6) is 1.21. The molecule has 0 fully saturated rings. The first kappa shape index (κ1) is 18.1. The minimum absolute atomic E-state index is 0.422. The molecule has 0 bridgehead atoms. The van der Waals surface area contributed by atoms with Gasteiger partial charge in [0.25, 0.3) is 0 Å². The Balaban J connectivity index is 3.09. The summed E-state index contributed by atoms with van der Waals surface area (Å²) in [7, 11) is -0.813. The van der Waals surface area contributed by atoms with Crippen molar-refractivity contribution in [1.82, 2.24) is 0 Å². The molecule has 2 nitrogen and oxygen atoms in total. The molecule has 0 aliphatic rings. The normalized spacial score (nSPS) is 14.6. The van der Waals surface area contributed by atoms with Gasteiger partial charge in [0.1, 0.15) is 0 Å². The minimum Gasteiger partial charge on any atom is -0.392 e. The molecule has 0 aliphatic carbocycles. The Bertz CT molecular complexity index is 193. The fraction of sp³-hybridized carbons (Fsp3) is 1.00. The lowest BCUT2D eigenvalue weighted by Crippen LogP contribution is -2.14. The second-order valence-corrected chi connectivity index (χ2v) is 6.96. The van der Waals surface area contributed by atoms with Crippen LogP contribution in [0.5, 0.6) is 0 Å². The van der Waals surface area contributed by atoms with Crippen LogP contribution in [0.25, 0.3) is 0 Å². The summed E-state index contributed by atoms with van der Waals surface area (Å²) in [5, 5.41) is 9.09. The van der Waals surface area contributed by atoms with Crippen molar-refractivity contribution in [3.63, 3.8) is 0 Å². The van der Waals surface area contributed by atoms with Gasteiger partial charge in [-0.05, 0) is 13.3 Å². The molecule has 2 atom stereocenters. The van der Waals surface area contributed by atoms with Crippen molar-refractivity contribution in [3.05, 3.63) is 0 Å². The first-order valence-electron chi connectivity index (χ1n) is 7.69. The summed E-state index contributed by atoms with van der Waals surface area (Å²) < 4.78 is 11.4. The predicted octanol–water partition coefficient (Wildman–Crippen LogP) is 4.04. The molecule has 0 radical (unpaired) electrons. The second kappa shape index (κ2) is 13.5. The molecular formula is C15H32O2S. The van der Waals surface area contributed by atoms with E-state index in [2.05, 4.69) is 6.92 Å². The van der Waals surface area contributed by atoms with E-state index in [9.17, 15) is 4.21 Å². The summed E-state index contributed by atoms with van der Waals surface area (Å²) in [5.41, 5.74) is 0. The maximum Gasteiger partial charge on any atom is 0.0627 e. The first-order valence-corrected chi connectivity index (χ1v) is 9.18. The van der Waals surface area contributed by atoms with Crippen LogP contribution >= 0.6 is 0 Å². The molecule has 0 aromatic heterocycles. The van der Waals surface area contributed by atoms with Crippen LogP contribution in [-0.4, -0.2) is 26.9 Å². The largest absolute Gasteiger partial charge is 0.392 e.